The number of rotatable bonds is 0. The molecule has 0 N–H and O–H groups in total. The van der Waals surface area contributed by atoms with Crippen molar-refractivity contribution < 1.29 is 4.42 Å². The molecule has 0 aliphatic carbocycles. The summed E-state index contributed by atoms with van der Waals surface area (Å²) in [5.41, 5.74) is 1.07. The molecule has 1 aromatic heterocycles. The normalized spacial score (nSPS) is 29.2. The van der Waals surface area contributed by atoms with Gasteiger partial charge in [-0.05, 0) is 26.8 Å². The summed E-state index contributed by atoms with van der Waals surface area (Å²) in [7, 11) is 2.12. The first-order chi connectivity index (χ1) is 7.16. The van der Waals surface area contributed by atoms with Gasteiger partial charge in [-0.2, -0.15) is 0 Å². The predicted molar refractivity (Wildman–Crippen MR) is 56.9 cm³/mol. The van der Waals surface area contributed by atoms with E-state index in [0.717, 1.165) is 29.9 Å². The van der Waals surface area contributed by atoms with Crippen molar-refractivity contribution in [3.8, 4) is 0 Å². The summed E-state index contributed by atoms with van der Waals surface area (Å²) in [5, 5.41) is 0. The number of hydrogen-bond donors (Lipinski definition) is 0. The molecule has 2 bridgehead atoms. The Morgan fingerprint density at radius 3 is 3.07 bits per heavy atom. The highest BCUT2D eigenvalue weighted by Crippen LogP contribution is 2.40. The smallest absolute Gasteiger partial charge is 0.190 e. The summed E-state index contributed by atoms with van der Waals surface area (Å²) < 4.78 is 5.68. The molecule has 0 spiro atoms. The van der Waals surface area contributed by atoms with Gasteiger partial charge < -0.3 is 4.42 Å². The maximum Gasteiger partial charge on any atom is 0.190 e. The molecule has 1 aromatic rings. The van der Waals surface area contributed by atoms with E-state index in [1.165, 1.54) is 6.42 Å². The number of nitrogens with zero attached hydrogens (tertiary/aromatic N) is 1. The minimum atomic E-state index is 0.158. The Kier molecular flexibility index (Phi) is 1.80. The van der Waals surface area contributed by atoms with Crippen molar-refractivity contribution in [2.45, 2.75) is 38.3 Å². The van der Waals surface area contributed by atoms with Crippen molar-refractivity contribution in [2.24, 2.45) is 0 Å². The average molecular weight is 205 g/mol. The molecule has 3 heterocycles. The van der Waals surface area contributed by atoms with Crippen molar-refractivity contribution in [1.82, 2.24) is 4.90 Å². The van der Waals surface area contributed by atoms with Crippen LogP contribution in [0.15, 0.2) is 15.3 Å². The fourth-order valence-electron chi connectivity index (χ4n) is 3.00. The van der Waals surface area contributed by atoms with E-state index < -0.39 is 0 Å². The third-order valence-electron chi connectivity index (χ3n) is 3.78. The highest BCUT2D eigenvalue weighted by atomic mass is 16.3. The average Bonchev–Trinajstić information content (AvgIpc) is 2.44. The zero-order chi connectivity index (χ0) is 10.6. The Balaban J connectivity index is 2.22. The van der Waals surface area contributed by atoms with Gasteiger partial charge in [0.25, 0.3) is 0 Å². The number of aryl methyl sites for hydroxylation is 1. The third kappa shape index (κ3) is 1.19. The Hall–Kier alpha value is -1.09. The van der Waals surface area contributed by atoms with Crippen LogP contribution in [0.4, 0.5) is 0 Å². The molecule has 0 aromatic carbocycles. The molecule has 1 saturated heterocycles. The van der Waals surface area contributed by atoms with Crippen LogP contribution in [0.1, 0.15) is 36.0 Å². The Labute approximate surface area is 88.7 Å². The zero-order valence-corrected chi connectivity index (χ0v) is 9.12. The maximum absolute atomic E-state index is 11.9. The van der Waals surface area contributed by atoms with Crippen LogP contribution in [-0.2, 0) is 6.42 Å². The molecule has 15 heavy (non-hydrogen) atoms. The summed E-state index contributed by atoms with van der Waals surface area (Å²) in [5.74, 6) is 1.67. The maximum atomic E-state index is 11.9. The van der Waals surface area contributed by atoms with Gasteiger partial charge in [-0.15, -0.1) is 0 Å². The molecule has 0 saturated carbocycles. The molecule has 0 radical (unpaired) electrons. The van der Waals surface area contributed by atoms with Crippen molar-refractivity contribution in [1.29, 1.82) is 0 Å². The van der Waals surface area contributed by atoms with E-state index >= 15 is 0 Å². The van der Waals surface area contributed by atoms with Crippen LogP contribution in [0.25, 0.3) is 0 Å². The molecular formula is C12H15NO2. The second kappa shape index (κ2) is 2.95. The molecule has 0 amide bonds. The van der Waals surface area contributed by atoms with Crippen LogP contribution in [0.2, 0.25) is 0 Å². The monoisotopic (exact) mass is 205 g/mol. The third-order valence-corrected chi connectivity index (χ3v) is 3.78. The topological polar surface area (TPSA) is 33.5 Å². The molecule has 2 atom stereocenters. The van der Waals surface area contributed by atoms with Gasteiger partial charge in [-0.25, -0.2) is 0 Å². The quantitative estimate of drug-likeness (QED) is 0.645. The number of likely N-dealkylation sites (N-methyl/N-ethyl adjacent to an activating group) is 1. The van der Waals surface area contributed by atoms with Crippen LogP contribution < -0.4 is 5.43 Å². The van der Waals surface area contributed by atoms with E-state index in [1.807, 2.05) is 6.92 Å². The van der Waals surface area contributed by atoms with Gasteiger partial charge in [0.05, 0.1) is 5.56 Å². The lowest BCUT2D eigenvalue weighted by Crippen LogP contribution is -2.37. The van der Waals surface area contributed by atoms with Crippen molar-refractivity contribution in [2.75, 3.05) is 7.05 Å². The second-order valence-electron chi connectivity index (χ2n) is 4.67. The van der Waals surface area contributed by atoms with E-state index in [2.05, 4.69) is 11.9 Å². The van der Waals surface area contributed by atoms with Gasteiger partial charge in [0.15, 0.2) is 5.43 Å². The molecule has 3 rings (SSSR count). The van der Waals surface area contributed by atoms with Crippen LogP contribution in [0, 0.1) is 6.92 Å². The van der Waals surface area contributed by atoms with Crippen LogP contribution in [0.3, 0.4) is 0 Å². The van der Waals surface area contributed by atoms with Crippen molar-refractivity contribution in [3.63, 3.8) is 0 Å². The van der Waals surface area contributed by atoms with Crippen molar-refractivity contribution in [3.05, 3.63) is 33.4 Å². The van der Waals surface area contributed by atoms with Gasteiger partial charge >= 0.3 is 0 Å². The first-order valence-electron chi connectivity index (χ1n) is 5.52. The fraction of sp³-hybridized carbons (Fsp3) is 0.583. The summed E-state index contributed by atoms with van der Waals surface area (Å²) in [6, 6.07) is 2.49. The number of fused-ring (bicyclic) bond motifs is 4. The van der Waals surface area contributed by atoms with E-state index in [-0.39, 0.29) is 5.43 Å². The van der Waals surface area contributed by atoms with Gasteiger partial charge in [-0.3, -0.25) is 9.69 Å². The van der Waals surface area contributed by atoms with Gasteiger partial charge in [-0.1, -0.05) is 0 Å². The lowest BCUT2D eigenvalue weighted by Gasteiger charge is -2.31. The molecule has 3 nitrogen and oxygen atoms in total. The van der Waals surface area contributed by atoms with E-state index in [1.54, 1.807) is 6.07 Å². The molecule has 2 aliphatic heterocycles. The molecule has 80 valence electrons. The lowest BCUT2D eigenvalue weighted by atomic mass is 9.99. The second-order valence-corrected chi connectivity index (χ2v) is 4.67. The first kappa shape index (κ1) is 9.16. The molecule has 1 fully saturated rings. The predicted octanol–water partition coefficient (Wildman–Crippen LogP) is 1.64. The first-order valence-corrected chi connectivity index (χ1v) is 5.52. The minimum Gasteiger partial charge on any atom is -0.466 e. The lowest BCUT2D eigenvalue weighted by molar-refractivity contribution is 0.203. The Bertz CT molecular complexity index is 463. The molecule has 0 unspecified atom stereocenters. The number of hydrogen-bond acceptors (Lipinski definition) is 3. The highest BCUT2D eigenvalue weighted by Gasteiger charge is 2.40. The van der Waals surface area contributed by atoms with Gasteiger partial charge in [0.2, 0.25) is 0 Å². The largest absolute Gasteiger partial charge is 0.466 e. The summed E-state index contributed by atoms with van der Waals surface area (Å²) in [6.45, 7) is 1.85. The van der Waals surface area contributed by atoms with Gasteiger partial charge in [0, 0.05) is 24.6 Å². The van der Waals surface area contributed by atoms with Crippen molar-refractivity contribution >= 4 is 0 Å². The fourth-order valence-corrected chi connectivity index (χ4v) is 3.00. The van der Waals surface area contributed by atoms with E-state index in [9.17, 15) is 4.79 Å². The Morgan fingerprint density at radius 1 is 1.47 bits per heavy atom. The van der Waals surface area contributed by atoms with Crippen LogP contribution >= 0.6 is 0 Å². The standard InChI is InChI=1S/C12H15NO2/c1-7-5-10(14)12-9-4-3-8(13(9)2)6-11(12)15-7/h5,8-9H,3-4,6H2,1-2H3/t8-,9+/m1/s1. The van der Waals surface area contributed by atoms with E-state index in [0.29, 0.717) is 12.1 Å². The molecular weight excluding hydrogens is 190 g/mol. The minimum absolute atomic E-state index is 0.158. The molecule has 3 heteroatoms. The zero-order valence-electron chi connectivity index (χ0n) is 9.12. The highest BCUT2D eigenvalue weighted by molar-refractivity contribution is 5.29. The Morgan fingerprint density at radius 2 is 2.27 bits per heavy atom. The summed E-state index contributed by atoms with van der Waals surface area (Å²) >= 11 is 0. The summed E-state index contributed by atoms with van der Waals surface area (Å²) in [6.07, 6.45) is 3.19. The van der Waals surface area contributed by atoms with Gasteiger partial charge in [0.1, 0.15) is 11.5 Å². The van der Waals surface area contributed by atoms with Crippen LogP contribution in [-0.4, -0.2) is 18.0 Å². The van der Waals surface area contributed by atoms with E-state index in [4.69, 9.17) is 4.42 Å². The SMILES string of the molecule is Cc1cc(=O)c2c(o1)C[C@H]1CC[C@@H]2N1C. The summed E-state index contributed by atoms with van der Waals surface area (Å²) in [4.78, 5) is 14.3. The van der Waals surface area contributed by atoms with Crippen LogP contribution in [0.5, 0.6) is 0 Å². The molecule has 2 aliphatic rings.